The molecule has 0 heterocycles. The smallest absolute Gasteiger partial charge is 0.251 e. The first kappa shape index (κ1) is 15.9. The second-order valence-electron chi connectivity index (χ2n) is 5.47. The number of carbonyl (C=O) groups is 3. The van der Waals surface area contributed by atoms with Crippen molar-refractivity contribution >= 4 is 23.4 Å². The van der Waals surface area contributed by atoms with Gasteiger partial charge in [0.05, 0.1) is 5.56 Å². The fourth-order valence-electron chi connectivity index (χ4n) is 2.13. The summed E-state index contributed by atoms with van der Waals surface area (Å²) in [6, 6.07) is 3.58. The lowest BCUT2D eigenvalue weighted by Crippen LogP contribution is -2.29. The summed E-state index contributed by atoms with van der Waals surface area (Å²) < 4.78 is 13.3. The fourth-order valence-corrected chi connectivity index (χ4v) is 2.13. The van der Waals surface area contributed by atoms with Crippen LogP contribution in [0.3, 0.4) is 0 Å². The molecule has 1 saturated carbocycles. The zero-order chi connectivity index (χ0) is 16.3. The van der Waals surface area contributed by atoms with Crippen molar-refractivity contribution in [2.75, 3.05) is 11.9 Å². The molecule has 0 aromatic heterocycles. The molecule has 1 aromatic rings. The van der Waals surface area contributed by atoms with Gasteiger partial charge in [-0.05, 0) is 30.5 Å². The standard InChI is InChI=1S/C15H18FN3O3/c1-8-6-10(8)15(22)18-5-4-13(20)19-9-2-3-12(16)11(7-9)14(17)21/h2-3,7-8,10H,4-6H2,1H3,(H2,17,21)(H,18,22)(H,19,20). The Morgan fingerprint density at radius 3 is 2.64 bits per heavy atom. The van der Waals surface area contributed by atoms with Gasteiger partial charge in [0.1, 0.15) is 5.82 Å². The van der Waals surface area contributed by atoms with E-state index in [2.05, 4.69) is 10.6 Å². The van der Waals surface area contributed by atoms with E-state index in [1.165, 1.54) is 12.1 Å². The number of anilines is 1. The second kappa shape index (κ2) is 6.55. The summed E-state index contributed by atoms with van der Waals surface area (Å²) in [4.78, 5) is 34.3. The van der Waals surface area contributed by atoms with Crippen LogP contribution in [-0.4, -0.2) is 24.3 Å². The van der Waals surface area contributed by atoms with Crippen LogP contribution < -0.4 is 16.4 Å². The predicted octanol–water partition coefficient (Wildman–Crippen LogP) is 1.03. The Hall–Kier alpha value is -2.44. The number of hydrogen-bond acceptors (Lipinski definition) is 3. The first-order valence-electron chi connectivity index (χ1n) is 7.05. The van der Waals surface area contributed by atoms with Gasteiger partial charge in [-0.15, -0.1) is 0 Å². The van der Waals surface area contributed by atoms with Gasteiger partial charge < -0.3 is 16.4 Å². The van der Waals surface area contributed by atoms with Crippen molar-refractivity contribution in [2.45, 2.75) is 19.8 Å². The maximum atomic E-state index is 13.3. The number of primary amides is 1. The van der Waals surface area contributed by atoms with Crippen LogP contribution >= 0.6 is 0 Å². The van der Waals surface area contributed by atoms with E-state index < -0.39 is 11.7 Å². The Morgan fingerprint density at radius 1 is 1.36 bits per heavy atom. The lowest BCUT2D eigenvalue weighted by atomic mass is 10.1. The Balaban J connectivity index is 1.80. The SMILES string of the molecule is CC1CC1C(=O)NCCC(=O)Nc1ccc(F)c(C(N)=O)c1. The Morgan fingerprint density at radius 2 is 2.05 bits per heavy atom. The first-order chi connectivity index (χ1) is 10.4. The van der Waals surface area contributed by atoms with Crippen LogP contribution in [0.5, 0.6) is 0 Å². The third-order valence-electron chi connectivity index (χ3n) is 3.61. The minimum absolute atomic E-state index is 0.0295. The minimum Gasteiger partial charge on any atom is -0.366 e. The average molecular weight is 307 g/mol. The number of rotatable bonds is 6. The maximum Gasteiger partial charge on any atom is 0.251 e. The molecule has 0 spiro atoms. The molecule has 7 heteroatoms. The van der Waals surface area contributed by atoms with Gasteiger partial charge in [-0.3, -0.25) is 14.4 Å². The van der Waals surface area contributed by atoms with E-state index in [-0.39, 0.29) is 41.9 Å². The molecular weight excluding hydrogens is 289 g/mol. The van der Waals surface area contributed by atoms with Crippen LogP contribution in [0.4, 0.5) is 10.1 Å². The van der Waals surface area contributed by atoms with Crippen LogP contribution in [0.1, 0.15) is 30.1 Å². The van der Waals surface area contributed by atoms with Crippen molar-refractivity contribution in [3.63, 3.8) is 0 Å². The molecule has 0 radical (unpaired) electrons. The van der Waals surface area contributed by atoms with Crippen LogP contribution in [0, 0.1) is 17.7 Å². The lowest BCUT2D eigenvalue weighted by Gasteiger charge is -2.08. The molecule has 3 amide bonds. The van der Waals surface area contributed by atoms with Gasteiger partial charge in [-0.1, -0.05) is 6.92 Å². The molecule has 2 atom stereocenters. The molecule has 2 unspecified atom stereocenters. The molecule has 0 aliphatic heterocycles. The number of carbonyl (C=O) groups excluding carboxylic acids is 3. The summed E-state index contributed by atoms with van der Waals surface area (Å²) >= 11 is 0. The van der Waals surface area contributed by atoms with Crippen molar-refractivity contribution in [1.29, 1.82) is 0 Å². The molecular formula is C15H18FN3O3. The molecule has 2 rings (SSSR count). The average Bonchev–Trinajstić information content (AvgIpc) is 3.17. The molecule has 0 saturated heterocycles. The van der Waals surface area contributed by atoms with E-state index in [0.717, 1.165) is 12.5 Å². The Bertz CT molecular complexity index is 618. The van der Waals surface area contributed by atoms with Crippen LogP contribution in [0.25, 0.3) is 0 Å². The topological polar surface area (TPSA) is 101 Å². The quantitative estimate of drug-likeness (QED) is 0.731. The largest absolute Gasteiger partial charge is 0.366 e. The minimum atomic E-state index is -0.903. The van der Waals surface area contributed by atoms with Gasteiger partial charge in [-0.25, -0.2) is 4.39 Å². The number of nitrogens with one attached hydrogen (secondary N) is 2. The highest BCUT2D eigenvalue weighted by molar-refractivity contribution is 5.96. The van der Waals surface area contributed by atoms with E-state index in [1.807, 2.05) is 6.92 Å². The summed E-state index contributed by atoms with van der Waals surface area (Å²) in [5.41, 5.74) is 5.03. The van der Waals surface area contributed by atoms with Crippen molar-refractivity contribution in [2.24, 2.45) is 17.6 Å². The molecule has 118 valence electrons. The third kappa shape index (κ3) is 4.03. The van der Waals surface area contributed by atoms with Crippen molar-refractivity contribution < 1.29 is 18.8 Å². The van der Waals surface area contributed by atoms with Gasteiger partial charge in [0.15, 0.2) is 0 Å². The van der Waals surface area contributed by atoms with Crippen LogP contribution in [0.2, 0.25) is 0 Å². The fraction of sp³-hybridized carbons (Fsp3) is 0.400. The normalized spacial score (nSPS) is 19.4. The van der Waals surface area contributed by atoms with E-state index in [4.69, 9.17) is 5.73 Å². The van der Waals surface area contributed by atoms with Gasteiger partial charge in [0.25, 0.3) is 5.91 Å². The molecule has 1 aromatic carbocycles. The number of amides is 3. The van der Waals surface area contributed by atoms with E-state index in [1.54, 1.807) is 0 Å². The van der Waals surface area contributed by atoms with E-state index in [0.29, 0.717) is 5.92 Å². The monoisotopic (exact) mass is 307 g/mol. The predicted molar refractivity (Wildman–Crippen MR) is 78.4 cm³/mol. The maximum absolute atomic E-state index is 13.3. The number of nitrogens with two attached hydrogens (primary N) is 1. The second-order valence-corrected chi connectivity index (χ2v) is 5.47. The van der Waals surface area contributed by atoms with E-state index >= 15 is 0 Å². The van der Waals surface area contributed by atoms with Gasteiger partial charge >= 0.3 is 0 Å². The molecule has 1 aliphatic rings. The molecule has 0 bridgehead atoms. The number of hydrogen-bond donors (Lipinski definition) is 3. The summed E-state index contributed by atoms with van der Waals surface area (Å²) in [5.74, 6) is -1.53. The highest BCUT2D eigenvalue weighted by Crippen LogP contribution is 2.37. The van der Waals surface area contributed by atoms with Crippen LogP contribution in [0.15, 0.2) is 18.2 Å². The first-order valence-corrected chi connectivity index (χ1v) is 7.05. The zero-order valence-corrected chi connectivity index (χ0v) is 12.2. The van der Waals surface area contributed by atoms with Crippen molar-refractivity contribution in [1.82, 2.24) is 5.32 Å². The highest BCUT2D eigenvalue weighted by atomic mass is 19.1. The zero-order valence-electron chi connectivity index (χ0n) is 12.2. The molecule has 22 heavy (non-hydrogen) atoms. The Kier molecular flexibility index (Phi) is 4.75. The number of halogens is 1. The lowest BCUT2D eigenvalue weighted by molar-refractivity contribution is -0.122. The van der Waals surface area contributed by atoms with Crippen LogP contribution in [-0.2, 0) is 9.59 Å². The molecule has 4 N–H and O–H groups in total. The summed E-state index contributed by atoms with van der Waals surface area (Å²) in [7, 11) is 0. The summed E-state index contributed by atoms with van der Waals surface area (Å²) in [6.07, 6.45) is 0.986. The molecule has 1 aliphatic carbocycles. The summed E-state index contributed by atoms with van der Waals surface area (Å²) in [5, 5.41) is 5.22. The third-order valence-corrected chi connectivity index (χ3v) is 3.61. The van der Waals surface area contributed by atoms with E-state index in [9.17, 15) is 18.8 Å². The van der Waals surface area contributed by atoms with Crippen molar-refractivity contribution in [3.8, 4) is 0 Å². The molecule has 6 nitrogen and oxygen atoms in total. The van der Waals surface area contributed by atoms with Gasteiger partial charge in [-0.2, -0.15) is 0 Å². The summed E-state index contributed by atoms with van der Waals surface area (Å²) in [6.45, 7) is 2.24. The number of benzene rings is 1. The Labute approximate surface area is 127 Å². The van der Waals surface area contributed by atoms with Gasteiger partial charge in [0.2, 0.25) is 11.8 Å². The van der Waals surface area contributed by atoms with Gasteiger partial charge in [0, 0.05) is 24.6 Å². The molecule has 1 fully saturated rings. The van der Waals surface area contributed by atoms with Crippen molar-refractivity contribution in [3.05, 3.63) is 29.6 Å². The highest BCUT2D eigenvalue weighted by Gasteiger charge is 2.38.